The summed E-state index contributed by atoms with van der Waals surface area (Å²) in [5, 5.41) is 12.0. The van der Waals surface area contributed by atoms with Crippen LogP contribution in [0, 0.1) is 0 Å². The van der Waals surface area contributed by atoms with Crippen LogP contribution in [0.5, 0.6) is 0 Å². The number of hydrogen-bond donors (Lipinski definition) is 2. The molecule has 0 atom stereocenters. The molecule has 2 N–H and O–H groups in total. The van der Waals surface area contributed by atoms with Gasteiger partial charge >= 0.3 is 5.97 Å². The van der Waals surface area contributed by atoms with Crippen LogP contribution >= 0.6 is 0 Å². The van der Waals surface area contributed by atoms with Gasteiger partial charge in [-0.1, -0.05) is 30.3 Å². The zero-order chi connectivity index (χ0) is 15.4. The fraction of sp³-hybridized carbons (Fsp3) is 0. The van der Waals surface area contributed by atoms with Crippen LogP contribution in [0.4, 0.5) is 11.5 Å². The topological polar surface area (TPSA) is 75.1 Å². The Morgan fingerprint density at radius 3 is 2.30 bits per heavy atom. The van der Waals surface area contributed by atoms with E-state index in [1.165, 1.54) is 6.33 Å². The Kier molecular flexibility index (Phi) is 5.28. The maximum absolute atomic E-state index is 10.8. The SMILES string of the molecule is O=C(O)c1ccc(Nc2cc(-c3ccccc3)ncn2)cc1.[Cl-]. The standard InChI is InChI=1S/C17H13N3O2.ClH/c21-17(22)13-6-8-14(9-7-13)20-16-10-15(18-11-19-16)12-4-2-1-3-5-12;/h1-11H,(H,21,22)(H,18,19,20);1H/p-1. The van der Waals surface area contributed by atoms with Gasteiger partial charge in [0.1, 0.15) is 12.1 Å². The van der Waals surface area contributed by atoms with Crippen LogP contribution in [0.3, 0.4) is 0 Å². The summed E-state index contributed by atoms with van der Waals surface area (Å²) < 4.78 is 0. The lowest BCUT2D eigenvalue weighted by Gasteiger charge is -2.07. The first kappa shape index (κ1) is 16.5. The predicted octanol–water partition coefficient (Wildman–Crippen LogP) is 0.589. The smallest absolute Gasteiger partial charge is 0.335 e. The molecule has 23 heavy (non-hydrogen) atoms. The van der Waals surface area contributed by atoms with Crippen LogP contribution in [0.2, 0.25) is 0 Å². The third kappa shape index (κ3) is 4.05. The van der Waals surface area contributed by atoms with Gasteiger partial charge in [0.25, 0.3) is 0 Å². The van der Waals surface area contributed by atoms with Crippen LogP contribution in [-0.4, -0.2) is 21.0 Å². The largest absolute Gasteiger partial charge is 1.00 e. The van der Waals surface area contributed by atoms with Gasteiger partial charge in [-0.25, -0.2) is 14.8 Å². The number of halogens is 1. The Morgan fingerprint density at radius 2 is 1.65 bits per heavy atom. The number of aromatic carboxylic acids is 1. The Bertz CT molecular complexity index is 792. The van der Waals surface area contributed by atoms with E-state index in [9.17, 15) is 4.79 Å². The lowest BCUT2D eigenvalue weighted by atomic mass is 10.1. The molecule has 0 amide bonds. The van der Waals surface area contributed by atoms with Gasteiger partial charge in [-0.15, -0.1) is 0 Å². The predicted molar refractivity (Wildman–Crippen MR) is 84.2 cm³/mol. The highest BCUT2D eigenvalue weighted by atomic mass is 35.5. The molecule has 0 bridgehead atoms. The molecule has 1 aromatic heterocycles. The summed E-state index contributed by atoms with van der Waals surface area (Å²) in [6, 6.07) is 18.2. The molecule has 116 valence electrons. The first-order chi connectivity index (χ1) is 10.7. The number of carboxylic acid groups (broad SMARTS) is 1. The van der Waals surface area contributed by atoms with Crippen molar-refractivity contribution in [3.05, 3.63) is 72.6 Å². The lowest BCUT2D eigenvalue weighted by molar-refractivity contribution is -0.0000200. The summed E-state index contributed by atoms with van der Waals surface area (Å²) in [5.41, 5.74) is 2.84. The summed E-state index contributed by atoms with van der Waals surface area (Å²) in [5.74, 6) is -0.295. The number of hydrogen-bond acceptors (Lipinski definition) is 4. The number of nitrogens with one attached hydrogen (secondary N) is 1. The van der Waals surface area contributed by atoms with E-state index < -0.39 is 5.97 Å². The van der Waals surface area contributed by atoms with Crippen molar-refractivity contribution in [2.75, 3.05) is 5.32 Å². The van der Waals surface area contributed by atoms with Crippen molar-refractivity contribution in [3.8, 4) is 11.3 Å². The van der Waals surface area contributed by atoms with Gasteiger partial charge in [0.05, 0.1) is 11.3 Å². The quantitative estimate of drug-likeness (QED) is 0.734. The summed E-state index contributed by atoms with van der Waals surface area (Å²) >= 11 is 0. The van der Waals surface area contributed by atoms with E-state index in [0.29, 0.717) is 5.82 Å². The second-order valence-corrected chi connectivity index (χ2v) is 4.66. The van der Waals surface area contributed by atoms with E-state index in [1.807, 2.05) is 36.4 Å². The highest BCUT2D eigenvalue weighted by molar-refractivity contribution is 5.88. The first-order valence-corrected chi connectivity index (χ1v) is 6.70. The molecule has 0 saturated carbocycles. The maximum atomic E-state index is 10.8. The van der Waals surface area contributed by atoms with Gasteiger partial charge in [0.2, 0.25) is 0 Å². The number of benzene rings is 2. The van der Waals surface area contributed by atoms with Crippen molar-refractivity contribution in [2.45, 2.75) is 0 Å². The van der Waals surface area contributed by atoms with Gasteiger partial charge in [0.15, 0.2) is 0 Å². The molecule has 6 heteroatoms. The first-order valence-electron chi connectivity index (χ1n) is 6.70. The van der Waals surface area contributed by atoms with Crippen LogP contribution in [-0.2, 0) is 0 Å². The van der Waals surface area contributed by atoms with E-state index in [0.717, 1.165) is 16.9 Å². The van der Waals surface area contributed by atoms with Gasteiger partial charge < -0.3 is 22.8 Å². The molecule has 0 aliphatic heterocycles. The second-order valence-electron chi connectivity index (χ2n) is 4.66. The van der Waals surface area contributed by atoms with Crippen molar-refractivity contribution in [1.82, 2.24) is 9.97 Å². The van der Waals surface area contributed by atoms with E-state index in [-0.39, 0.29) is 18.0 Å². The fourth-order valence-electron chi connectivity index (χ4n) is 2.04. The van der Waals surface area contributed by atoms with Crippen molar-refractivity contribution in [3.63, 3.8) is 0 Å². The molecule has 1 heterocycles. The zero-order valence-electron chi connectivity index (χ0n) is 12.0. The van der Waals surface area contributed by atoms with Gasteiger partial charge in [-0.05, 0) is 24.3 Å². The molecule has 0 spiro atoms. The van der Waals surface area contributed by atoms with Crippen LogP contribution in [0.1, 0.15) is 10.4 Å². The van der Waals surface area contributed by atoms with Crippen LogP contribution in [0.15, 0.2) is 67.0 Å². The molecule has 0 fully saturated rings. The van der Waals surface area contributed by atoms with E-state index in [4.69, 9.17) is 5.11 Å². The third-order valence-corrected chi connectivity index (χ3v) is 3.14. The normalized spacial score (nSPS) is 9.74. The van der Waals surface area contributed by atoms with E-state index >= 15 is 0 Å². The molecule has 0 aliphatic rings. The fourth-order valence-corrected chi connectivity index (χ4v) is 2.04. The maximum Gasteiger partial charge on any atom is 0.335 e. The highest BCUT2D eigenvalue weighted by Crippen LogP contribution is 2.21. The number of aromatic nitrogens is 2. The molecule has 2 aromatic carbocycles. The van der Waals surface area contributed by atoms with Gasteiger partial charge in [-0.3, -0.25) is 0 Å². The average Bonchev–Trinajstić information content (AvgIpc) is 2.56. The summed E-state index contributed by atoms with van der Waals surface area (Å²) in [7, 11) is 0. The molecule has 3 rings (SSSR count). The second kappa shape index (κ2) is 7.38. The highest BCUT2D eigenvalue weighted by Gasteiger charge is 2.04. The Hall–Kier alpha value is -2.92. The minimum atomic E-state index is -0.944. The molecule has 0 aliphatic carbocycles. The van der Waals surface area contributed by atoms with Crippen molar-refractivity contribution in [2.24, 2.45) is 0 Å². The van der Waals surface area contributed by atoms with Crippen molar-refractivity contribution >= 4 is 17.5 Å². The molecule has 0 radical (unpaired) electrons. The molecule has 0 saturated heterocycles. The molecule has 5 nitrogen and oxygen atoms in total. The van der Waals surface area contributed by atoms with E-state index in [1.54, 1.807) is 24.3 Å². The summed E-state index contributed by atoms with van der Waals surface area (Å²) in [6.07, 6.45) is 1.50. The molecular formula is C17H13ClN3O2-. The Labute approximate surface area is 139 Å². The lowest BCUT2D eigenvalue weighted by Crippen LogP contribution is -3.00. The Morgan fingerprint density at radius 1 is 0.957 bits per heavy atom. The minimum Gasteiger partial charge on any atom is -1.00 e. The van der Waals surface area contributed by atoms with Crippen LogP contribution < -0.4 is 17.7 Å². The number of carboxylic acids is 1. The average molecular weight is 327 g/mol. The summed E-state index contributed by atoms with van der Waals surface area (Å²) in [6.45, 7) is 0. The number of rotatable bonds is 4. The number of nitrogens with zero attached hydrogens (tertiary/aromatic N) is 2. The van der Waals surface area contributed by atoms with Crippen molar-refractivity contribution in [1.29, 1.82) is 0 Å². The van der Waals surface area contributed by atoms with Crippen LogP contribution in [0.25, 0.3) is 11.3 Å². The molecule has 3 aromatic rings. The molecular weight excluding hydrogens is 314 g/mol. The molecule has 0 unspecified atom stereocenters. The zero-order valence-corrected chi connectivity index (χ0v) is 12.7. The van der Waals surface area contributed by atoms with Gasteiger partial charge in [-0.2, -0.15) is 0 Å². The van der Waals surface area contributed by atoms with Gasteiger partial charge in [0, 0.05) is 17.3 Å². The van der Waals surface area contributed by atoms with Crippen molar-refractivity contribution < 1.29 is 22.3 Å². The number of carbonyl (C=O) groups is 1. The monoisotopic (exact) mass is 326 g/mol. The minimum absolute atomic E-state index is 0. The van der Waals surface area contributed by atoms with E-state index in [2.05, 4.69) is 15.3 Å². The Balaban J connectivity index is 0.00000192. The third-order valence-electron chi connectivity index (χ3n) is 3.14. The number of anilines is 2. The summed E-state index contributed by atoms with van der Waals surface area (Å²) in [4.78, 5) is 19.3.